The molecule has 0 atom stereocenters. The van der Waals surface area contributed by atoms with Gasteiger partial charge in [0.25, 0.3) is 5.91 Å². The molecule has 0 unspecified atom stereocenters. The number of carbonyl (C=O) groups is 1. The first-order valence-corrected chi connectivity index (χ1v) is 8.30. The van der Waals surface area contributed by atoms with Gasteiger partial charge in [-0.1, -0.05) is 29.8 Å². The van der Waals surface area contributed by atoms with Gasteiger partial charge in [-0.15, -0.1) is 0 Å². The number of nitrogens with one attached hydrogen (secondary N) is 1. The molecule has 0 aliphatic carbocycles. The summed E-state index contributed by atoms with van der Waals surface area (Å²) < 4.78 is 5.71. The predicted molar refractivity (Wildman–Crippen MR) is 99.0 cm³/mol. The Balaban J connectivity index is 1.54. The second kappa shape index (κ2) is 8.16. The number of phenols is 1. The summed E-state index contributed by atoms with van der Waals surface area (Å²) in [5.41, 5.74) is 3.14. The minimum Gasteiger partial charge on any atom is -0.507 e. The van der Waals surface area contributed by atoms with Crippen LogP contribution in [0.15, 0.2) is 67.0 Å². The van der Waals surface area contributed by atoms with Crippen LogP contribution in [0.1, 0.15) is 27.0 Å². The van der Waals surface area contributed by atoms with Crippen molar-refractivity contribution in [3.05, 3.63) is 89.2 Å². The number of pyridine rings is 1. The summed E-state index contributed by atoms with van der Waals surface area (Å²) in [5.74, 6) is 0.426. The number of aryl methyl sites for hydroxylation is 1. The summed E-state index contributed by atoms with van der Waals surface area (Å²) in [7, 11) is 0. The van der Waals surface area contributed by atoms with Crippen LogP contribution in [0.5, 0.6) is 11.5 Å². The van der Waals surface area contributed by atoms with Crippen molar-refractivity contribution in [1.29, 1.82) is 0 Å². The third-order valence-electron chi connectivity index (χ3n) is 3.90. The maximum Gasteiger partial charge on any atom is 0.255 e. The number of ether oxygens (including phenoxy) is 1. The first-order chi connectivity index (χ1) is 12.6. The molecular formula is C21H20N2O3. The number of amides is 1. The standard InChI is InChI=1S/C21H20N2O3/c1-15-4-9-20(24)19(11-15)21(25)23-13-16-5-7-18(8-6-16)26-14-17-3-2-10-22-12-17/h2-12,24H,13-14H2,1H3,(H,23,25). The molecule has 3 aromatic rings. The molecular weight excluding hydrogens is 328 g/mol. The Bertz CT molecular complexity index is 878. The van der Waals surface area contributed by atoms with Gasteiger partial charge in [0.2, 0.25) is 0 Å². The summed E-state index contributed by atoms with van der Waals surface area (Å²) in [4.78, 5) is 16.3. The lowest BCUT2D eigenvalue weighted by molar-refractivity contribution is 0.0948. The molecule has 0 bridgehead atoms. The van der Waals surface area contributed by atoms with E-state index in [0.717, 1.165) is 22.4 Å². The second-order valence-corrected chi connectivity index (χ2v) is 6.00. The summed E-state index contributed by atoms with van der Waals surface area (Å²) >= 11 is 0. The van der Waals surface area contributed by atoms with Crippen LogP contribution in [-0.4, -0.2) is 16.0 Å². The average Bonchev–Trinajstić information content (AvgIpc) is 2.68. The van der Waals surface area contributed by atoms with Gasteiger partial charge in [0.05, 0.1) is 5.56 Å². The van der Waals surface area contributed by atoms with Gasteiger partial charge in [-0.2, -0.15) is 0 Å². The zero-order valence-electron chi connectivity index (χ0n) is 14.5. The number of rotatable bonds is 6. The van der Waals surface area contributed by atoms with Crippen LogP contribution in [0.25, 0.3) is 0 Å². The first-order valence-electron chi connectivity index (χ1n) is 8.30. The number of phenolic OH excluding ortho intramolecular Hbond substituents is 1. The smallest absolute Gasteiger partial charge is 0.255 e. The predicted octanol–water partition coefficient (Wildman–Crippen LogP) is 3.60. The van der Waals surface area contributed by atoms with Gasteiger partial charge >= 0.3 is 0 Å². The summed E-state index contributed by atoms with van der Waals surface area (Å²) in [6.07, 6.45) is 3.49. The number of carbonyl (C=O) groups excluding carboxylic acids is 1. The Labute approximate surface area is 152 Å². The van der Waals surface area contributed by atoms with Crippen molar-refractivity contribution in [2.75, 3.05) is 0 Å². The summed E-state index contributed by atoms with van der Waals surface area (Å²) in [6.45, 7) is 2.70. The number of aromatic hydroxyl groups is 1. The molecule has 0 radical (unpaired) electrons. The zero-order chi connectivity index (χ0) is 18.4. The van der Waals surface area contributed by atoms with Crippen molar-refractivity contribution in [2.24, 2.45) is 0 Å². The van der Waals surface area contributed by atoms with Crippen LogP contribution in [0.2, 0.25) is 0 Å². The molecule has 0 aliphatic rings. The van der Waals surface area contributed by atoms with E-state index in [9.17, 15) is 9.90 Å². The molecule has 1 heterocycles. The highest BCUT2D eigenvalue weighted by Crippen LogP contribution is 2.18. The van der Waals surface area contributed by atoms with E-state index in [1.54, 1.807) is 24.5 Å². The van der Waals surface area contributed by atoms with Crippen molar-refractivity contribution >= 4 is 5.91 Å². The molecule has 132 valence electrons. The number of aromatic nitrogens is 1. The summed E-state index contributed by atoms with van der Waals surface area (Å²) in [5, 5.41) is 12.6. The molecule has 0 fully saturated rings. The molecule has 3 rings (SSSR count). The lowest BCUT2D eigenvalue weighted by Gasteiger charge is -2.09. The van der Waals surface area contributed by atoms with Gasteiger partial charge in [0, 0.05) is 24.5 Å². The van der Waals surface area contributed by atoms with Gasteiger partial charge < -0.3 is 15.2 Å². The second-order valence-electron chi connectivity index (χ2n) is 6.00. The van der Waals surface area contributed by atoms with E-state index in [1.807, 2.05) is 43.3 Å². The first kappa shape index (κ1) is 17.5. The molecule has 1 aromatic heterocycles. The Hall–Kier alpha value is -3.34. The Kier molecular flexibility index (Phi) is 5.49. The molecule has 0 saturated carbocycles. The van der Waals surface area contributed by atoms with E-state index in [2.05, 4.69) is 10.3 Å². The van der Waals surface area contributed by atoms with Crippen molar-refractivity contribution < 1.29 is 14.6 Å². The van der Waals surface area contributed by atoms with Crippen LogP contribution < -0.4 is 10.1 Å². The normalized spacial score (nSPS) is 10.3. The SMILES string of the molecule is Cc1ccc(O)c(C(=O)NCc2ccc(OCc3cccnc3)cc2)c1. The van der Waals surface area contributed by atoms with Crippen LogP contribution in [0, 0.1) is 6.92 Å². The number of nitrogens with zero attached hydrogens (tertiary/aromatic N) is 1. The Morgan fingerprint density at radius 1 is 1.12 bits per heavy atom. The maximum atomic E-state index is 12.2. The van der Waals surface area contributed by atoms with Gasteiger partial charge in [-0.25, -0.2) is 0 Å². The number of hydrogen-bond acceptors (Lipinski definition) is 4. The van der Waals surface area contributed by atoms with Crippen LogP contribution >= 0.6 is 0 Å². The lowest BCUT2D eigenvalue weighted by Crippen LogP contribution is -2.22. The van der Waals surface area contributed by atoms with Crippen molar-refractivity contribution in [3.8, 4) is 11.5 Å². The van der Waals surface area contributed by atoms with Gasteiger partial charge in [0.1, 0.15) is 18.1 Å². The highest BCUT2D eigenvalue weighted by Gasteiger charge is 2.10. The molecule has 5 nitrogen and oxygen atoms in total. The molecule has 2 N–H and O–H groups in total. The fraction of sp³-hybridized carbons (Fsp3) is 0.143. The lowest BCUT2D eigenvalue weighted by atomic mass is 10.1. The van der Waals surface area contributed by atoms with E-state index in [1.165, 1.54) is 6.07 Å². The number of hydrogen-bond donors (Lipinski definition) is 2. The van der Waals surface area contributed by atoms with E-state index in [0.29, 0.717) is 13.2 Å². The highest BCUT2D eigenvalue weighted by molar-refractivity contribution is 5.96. The van der Waals surface area contributed by atoms with E-state index in [-0.39, 0.29) is 17.2 Å². The fourth-order valence-electron chi connectivity index (χ4n) is 2.46. The molecule has 0 saturated heterocycles. The zero-order valence-corrected chi connectivity index (χ0v) is 14.5. The van der Waals surface area contributed by atoms with Gasteiger partial charge in [-0.05, 0) is 42.8 Å². The topological polar surface area (TPSA) is 71.5 Å². The third-order valence-corrected chi connectivity index (χ3v) is 3.90. The largest absolute Gasteiger partial charge is 0.507 e. The number of benzene rings is 2. The average molecular weight is 348 g/mol. The van der Waals surface area contributed by atoms with Crippen molar-refractivity contribution in [3.63, 3.8) is 0 Å². The molecule has 1 amide bonds. The highest BCUT2D eigenvalue weighted by atomic mass is 16.5. The van der Waals surface area contributed by atoms with Gasteiger partial charge in [-0.3, -0.25) is 9.78 Å². The third kappa shape index (κ3) is 4.60. The van der Waals surface area contributed by atoms with Crippen LogP contribution in [0.3, 0.4) is 0 Å². The van der Waals surface area contributed by atoms with E-state index >= 15 is 0 Å². The van der Waals surface area contributed by atoms with Gasteiger partial charge in [0.15, 0.2) is 0 Å². The molecule has 2 aromatic carbocycles. The maximum absolute atomic E-state index is 12.2. The molecule has 26 heavy (non-hydrogen) atoms. The minimum atomic E-state index is -0.303. The summed E-state index contributed by atoms with van der Waals surface area (Å²) in [6, 6.07) is 16.3. The Morgan fingerprint density at radius 3 is 2.65 bits per heavy atom. The van der Waals surface area contributed by atoms with E-state index in [4.69, 9.17) is 4.74 Å². The quantitative estimate of drug-likeness (QED) is 0.714. The van der Waals surface area contributed by atoms with Crippen LogP contribution in [0.4, 0.5) is 0 Å². The molecule has 5 heteroatoms. The van der Waals surface area contributed by atoms with E-state index < -0.39 is 0 Å². The molecule has 0 aliphatic heterocycles. The Morgan fingerprint density at radius 2 is 1.92 bits per heavy atom. The molecule has 0 spiro atoms. The monoisotopic (exact) mass is 348 g/mol. The fourth-order valence-corrected chi connectivity index (χ4v) is 2.46. The van der Waals surface area contributed by atoms with Crippen molar-refractivity contribution in [1.82, 2.24) is 10.3 Å². The minimum absolute atomic E-state index is 0.0211. The van der Waals surface area contributed by atoms with Crippen LogP contribution in [-0.2, 0) is 13.2 Å². The van der Waals surface area contributed by atoms with Crippen molar-refractivity contribution in [2.45, 2.75) is 20.1 Å².